The number of carboxylic acid groups (broad SMARTS) is 1. The number of carbonyl (C=O) groups excluding carboxylic acids is 1. The van der Waals surface area contributed by atoms with Gasteiger partial charge in [0, 0.05) is 38.8 Å². The van der Waals surface area contributed by atoms with Crippen molar-refractivity contribution in [3.8, 4) is 22.6 Å². The summed E-state index contributed by atoms with van der Waals surface area (Å²) in [6, 6.07) is 11.8. The van der Waals surface area contributed by atoms with Gasteiger partial charge in [0.1, 0.15) is 17.3 Å². The van der Waals surface area contributed by atoms with Crippen molar-refractivity contribution in [2.24, 2.45) is 0 Å². The molecule has 9 heteroatoms. The number of rotatable bonds is 9. The molecule has 38 heavy (non-hydrogen) atoms. The molecule has 3 aromatic rings. The van der Waals surface area contributed by atoms with Gasteiger partial charge in [0.2, 0.25) is 0 Å². The summed E-state index contributed by atoms with van der Waals surface area (Å²) >= 11 is 0. The van der Waals surface area contributed by atoms with Crippen LogP contribution < -0.4 is 9.47 Å². The van der Waals surface area contributed by atoms with Crippen LogP contribution in [0.3, 0.4) is 0 Å². The van der Waals surface area contributed by atoms with Crippen molar-refractivity contribution in [2.45, 2.75) is 32.9 Å². The van der Waals surface area contributed by atoms with Crippen molar-refractivity contribution in [1.29, 1.82) is 0 Å². The minimum absolute atomic E-state index is 0.0217. The van der Waals surface area contributed by atoms with Crippen molar-refractivity contribution >= 4 is 11.9 Å². The normalized spacial score (nSPS) is 15.7. The first-order chi connectivity index (χ1) is 18.4. The minimum Gasteiger partial charge on any atom is -0.493 e. The topological polar surface area (TPSA) is 92.2 Å². The fourth-order valence-corrected chi connectivity index (χ4v) is 5.13. The van der Waals surface area contributed by atoms with E-state index >= 15 is 0 Å². The number of fused-ring (bicyclic) bond motifs is 1. The van der Waals surface area contributed by atoms with Gasteiger partial charge < -0.3 is 19.5 Å². The smallest absolute Gasteiger partial charge is 0.337 e. The number of ether oxygens (including phenoxy) is 2. The van der Waals surface area contributed by atoms with Crippen molar-refractivity contribution < 1.29 is 28.6 Å². The van der Waals surface area contributed by atoms with Gasteiger partial charge in [0.15, 0.2) is 0 Å². The number of carbonyl (C=O) groups is 2. The van der Waals surface area contributed by atoms with E-state index < -0.39 is 5.97 Å². The molecule has 8 nitrogen and oxygen atoms in total. The maximum absolute atomic E-state index is 13.5. The Morgan fingerprint density at radius 1 is 1.08 bits per heavy atom. The first-order valence-electron chi connectivity index (χ1n) is 12.8. The van der Waals surface area contributed by atoms with Crippen LogP contribution in [0.4, 0.5) is 4.39 Å². The molecule has 1 saturated heterocycles. The Labute approximate surface area is 220 Å². The number of hydrogen-bond donors (Lipinski definition) is 1. The third-order valence-electron chi connectivity index (χ3n) is 6.94. The Morgan fingerprint density at radius 3 is 2.34 bits per heavy atom. The maximum Gasteiger partial charge on any atom is 0.337 e. The molecule has 0 saturated carbocycles. The summed E-state index contributed by atoms with van der Waals surface area (Å²) in [7, 11) is 0. The number of amides is 1. The zero-order valence-electron chi connectivity index (χ0n) is 21.4. The quantitative estimate of drug-likeness (QED) is 0.452. The number of aromatic nitrogens is 1. The van der Waals surface area contributed by atoms with E-state index in [1.54, 1.807) is 12.1 Å². The molecule has 0 aliphatic carbocycles. The number of pyridine rings is 1. The lowest BCUT2D eigenvalue weighted by Crippen LogP contribution is -2.61. The largest absolute Gasteiger partial charge is 0.493 e. The molecule has 0 radical (unpaired) electrons. The Kier molecular flexibility index (Phi) is 7.28. The molecule has 1 aromatic heterocycles. The summed E-state index contributed by atoms with van der Waals surface area (Å²) in [6.45, 7) is 7.44. The maximum atomic E-state index is 13.5. The van der Waals surface area contributed by atoms with Crippen LogP contribution in [0.2, 0.25) is 0 Å². The Morgan fingerprint density at radius 2 is 1.74 bits per heavy atom. The molecular weight excluding hydrogens is 489 g/mol. The standard InChI is InChI=1S/C29H30FN3O5/c1-3-37-25-11-18(12-26(38-4-2)27(25)19-5-7-21(30)8-6-19)15-32-16-22(17-32)33-10-9-24-23(28(33)34)13-20(14-31-24)29(35)36/h5-8,11-14,22H,3-4,9-10,15-17H2,1-2H3,(H,35,36). The highest BCUT2D eigenvalue weighted by Crippen LogP contribution is 2.40. The van der Waals surface area contributed by atoms with Gasteiger partial charge in [-0.2, -0.15) is 0 Å². The zero-order valence-corrected chi connectivity index (χ0v) is 21.4. The predicted octanol–water partition coefficient (Wildman–Crippen LogP) is 4.27. The highest BCUT2D eigenvalue weighted by molar-refractivity contribution is 5.99. The van der Waals surface area contributed by atoms with Crippen LogP contribution in [0.1, 0.15) is 45.8 Å². The van der Waals surface area contributed by atoms with E-state index in [4.69, 9.17) is 9.47 Å². The lowest BCUT2D eigenvalue weighted by Gasteiger charge is -2.46. The molecule has 0 unspecified atom stereocenters. The van der Waals surface area contributed by atoms with E-state index in [0.717, 1.165) is 16.7 Å². The van der Waals surface area contributed by atoms with E-state index in [1.807, 2.05) is 30.9 Å². The van der Waals surface area contributed by atoms with E-state index in [2.05, 4.69) is 9.88 Å². The van der Waals surface area contributed by atoms with Gasteiger partial charge in [-0.3, -0.25) is 14.7 Å². The first-order valence-corrected chi connectivity index (χ1v) is 12.8. The third kappa shape index (κ3) is 5.06. The van der Waals surface area contributed by atoms with Gasteiger partial charge in [-0.25, -0.2) is 9.18 Å². The van der Waals surface area contributed by atoms with Crippen LogP contribution in [0.25, 0.3) is 11.1 Å². The number of benzene rings is 2. The van der Waals surface area contributed by atoms with Crippen LogP contribution >= 0.6 is 0 Å². The van der Waals surface area contributed by atoms with E-state index in [9.17, 15) is 19.1 Å². The fraction of sp³-hybridized carbons (Fsp3) is 0.345. The molecule has 2 aliphatic heterocycles. The van der Waals surface area contributed by atoms with Gasteiger partial charge in [-0.15, -0.1) is 0 Å². The van der Waals surface area contributed by atoms with Crippen LogP contribution in [-0.4, -0.2) is 70.7 Å². The lowest BCUT2D eigenvalue weighted by atomic mass is 9.97. The summed E-state index contributed by atoms with van der Waals surface area (Å²) in [5.41, 5.74) is 3.69. The van der Waals surface area contributed by atoms with Gasteiger partial charge in [0.25, 0.3) is 5.91 Å². The van der Waals surface area contributed by atoms with Crippen molar-refractivity contribution in [2.75, 3.05) is 32.8 Å². The molecule has 2 aliphatic rings. The molecule has 2 aromatic carbocycles. The molecule has 1 fully saturated rings. The summed E-state index contributed by atoms with van der Waals surface area (Å²) in [6.07, 6.45) is 1.92. The summed E-state index contributed by atoms with van der Waals surface area (Å²) in [5, 5.41) is 9.27. The minimum atomic E-state index is -1.09. The van der Waals surface area contributed by atoms with Crippen molar-refractivity contribution in [1.82, 2.24) is 14.8 Å². The summed E-state index contributed by atoms with van der Waals surface area (Å²) in [4.78, 5) is 32.7. The average molecular weight is 520 g/mol. The Hall–Kier alpha value is -3.98. The number of nitrogens with zero attached hydrogens (tertiary/aromatic N) is 3. The first kappa shape index (κ1) is 25.7. The number of hydrogen-bond acceptors (Lipinski definition) is 6. The monoisotopic (exact) mass is 519 g/mol. The zero-order chi connectivity index (χ0) is 26.8. The highest BCUT2D eigenvalue weighted by atomic mass is 19.1. The highest BCUT2D eigenvalue weighted by Gasteiger charge is 2.38. The Bertz CT molecular complexity index is 1330. The van der Waals surface area contributed by atoms with Crippen LogP contribution in [0, 0.1) is 5.82 Å². The van der Waals surface area contributed by atoms with E-state index in [-0.39, 0.29) is 23.3 Å². The van der Waals surface area contributed by atoms with Gasteiger partial charge >= 0.3 is 5.97 Å². The SMILES string of the molecule is CCOc1cc(CN2CC(N3CCc4ncc(C(=O)O)cc4C3=O)C2)cc(OCC)c1-c1ccc(F)cc1. The van der Waals surface area contributed by atoms with E-state index in [0.29, 0.717) is 68.6 Å². The molecule has 1 amide bonds. The summed E-state index contributed by atoms with van der Waals surface area (Å²) < 4.78 is 25.5. The molecule has 198 valence electrons. The fourth-order valence-electron chi connectivity index (χ4n) is 5.13. The second kappa shape index (κ2) is 10.8. The number of carboxylic acids is 1. The lowest BCUT2D eigenvalue weighted by molar-refractivity contribution is 0.0217. The second-order valence-electron chi connectivity index (χ2n) is 9.46. The van der Waals surface area contributed by atoms with E-state index in [1.165, 1.54) is 24.4 Å². The molecule has 5 rings (SSSR count). The van der Waals surface area contributed by atoms with Gasteiger partial charge in [-0.1, -0.05) is 12.1 Å². The van der Waals surface area contributed by atoms with Crippen LogP contribution in [0.15, 0.2) is 48.7 Å². The van der Waals surface area contributed by atoms with Gasteiger partial charge in [-0.05, 0) is 55.3 Å². The third-order valence-corrected chi connectivity index (χ3v) is 6.94. The van der Waals surface area contributed by atoms with Crippen molar-refractivity contribution in [3.05, 3.63) is 76.9 Å². The average Bonchev–Trinajstić information content (AvgIpc) is 2.88. The van der Waals surface area contributed by atoms with Crippen molar-refractivity contribution in [3.63, 3.8) is 0 Å². The molecule has 0 spiro atoms. The summed E-state index contributed by atoms with van der Waals surface area (Å²) in [5.74, 6) is -0.193. The molecule has 0 atom stereocenters. The second-order valence-corrected chi connectivity index (χ2v) is 9.46. The molecule has 1 N–H and O–H groups in total. The predicted molar refractivity (Wildman–Crippen MR) is 139 cm³/mol. The van der Waals surface area contributed by atoms with Gasteiger partial charge in [0.05, 0.1) is 41.6 Å². The number of aromatic carboxylic acids is 1. The van der Waals surface area contributed by atoms with Crippen LogP contribution in [0.5, 0.6) is 11.5 Å². The molecular formula is C29H30FN3O5. The van der Waals surface area contributed by atoms with Crippen LogP contribution in [-0.2, 0) is 13.0 Å². The number of halogens is 1. The Balaban J connectivity index is 1.31. The molecule has 0 bridgehead atoms. The number of likely N-dealkylation sites (tertiary alicyclic amines) is 1. The molecule has 3 heterocycles.